The Labute approximate surface area is 336 Å². The van der Waals surface area contributed by atoms with Crippen LogP contribution in [0.25, 0.3) is 0 Å². The number of fused-ring (bicyclic) bond motifs is 1. The van der Waals surface area contributed by atoms with Crippen molar-refractivity contribution < 1.29 is 45.2 Å². The molecular weight excluding hydrogens is 799 g/mol. The molecule has 4 heterocycles. The fourth-order valence-electron chi connectivity index (χ4n) is 7.13. The Morgan fingerprint density at radius 1 is 0.932 bits per heavy atom. The summed E-state index contributed by atoms with van der Waals surface area (Å²) in [7, 11) is -2.18. The van der Waals surface area contributed by atoms with Gasteiger partial charge in [-0.25, -0.2) is 17.8 Å². The molecule has 0 bridgehead atoms. The smallest absolute Gasteiger partial charge is 0.368 e. The second-order valence-corrected chi connectivity index (χ2v) is 16.5. The summed E-state index contributed by atoms with van der Waals surface area (Å²) in [4.78, 5) is 60.9. The monoisotopic (exact) mass is 837 g/mol. The van der Waals surface area contributed by atoms with E-state index in [-0.39, 0.29) is 43.0 Å². The third-order valence-electron chi connectivity index (χ3n) is 10.4. The van der Waals surface area contributed by atoms with E-state index in [1.807, 2.05) is 0 Å². The molecule has 310 valence electrons. The second kappa shape index (κ2) is 16.2. The van der Waals surface area contributed by atoms with Gasteiger partial charge in [-0.2, -0.15) is 18.2 Å². The van der Waals surface area contributed by atoms with Gasteiger partial charge >= 0.3 is 6.18 Å². The highest BCUT2D eigenvalue weighted by molar-refractivity contribution is 7.92. The molecule has 4 amide bonds. The number of imide groups is 2. The second-order valence-electron chi connectivity index (χ2n) is 14.4. The molecule has 59 heavy (non-hydrogen) atoms. The quantitative estimate of drug-likeness (QED) is 0.117. The predicted molar refractivity (Wildman–Crippen MR) is 209 cm³/mol. The van der Waals surface area contributed by atoms with Gasteiger partial charge in [-0.1, -0.05) is 24.3 Å². The lowest BCUT2D eigenvalue weighted by atomic mass is 10.0. The van der Waals surface area contributed by atoms with Gasteiger partial charge in [0.05, 0.1) is 29.6 Å². The standard InChI is InChI=1S/C39H39F4N9O6S/c1-50(59(2,57)58)25-5-3-4-23(16-25)19-45-34-29(39(41,42)43)20-46-38(49-34)47-24-8-6-22(7-9-24)18-44-31-14-15-51(21-30(31)40)26-10-11-27-28(17-26)37(56)52(36(27)55)32-12-13-33(53)48-35(32)54/h3-11,16-17,20,30-32,44H,12-15,18-19,21H2,1-2H3,(H,48,53,54)(H2,45,46,47,49)/t30-,31+,32?/m0/s1. The molecule has 7 rings (SSSR count). The van der Waals surface area contributed by atoms with Gasteiger partial charge in [0.15, 0.2) is 0 Å². The van der Waals surface area contributed by atoms with Crippen molar-refractivity contribution in [3.63, 3.8) is 0 Å². The summed E-state index contributed by atoms with van der Waals surface area (Å²) in [5.41, 5.74) is 1.90. The summed E-state index contributed by atoms with van der Waals surface area (Å²) in [6.07, 6.45) is -3.85. The fourth-order valence-corrected chi connectivity index (χ4v) is 7.63. The Bertz CT molecular complexity index is 2420. The van der Waals surface area contributed by atoms with Gasteiger partial charge in [-0.05, 0) is 66.4 Å². The van der Waals surface area contributed by atoms with Crippen LogP contribution in [0.4, 0.5) is 46.4 Å². The Hall–Kier alpha value is -6.15. The van der Waals surface area contributed by atoms with Crippen LogP contribution in [0.15, 0.2) is 72.9 Å². The van der Waals surface area contributed by atoms with E-state index in [4.69, 9.17) is 0 Å². The molecule has 20 heteroatoms. The number of sulfonamides is 1. The lowest BCUT2D eigenvalue weighted by molar-refractivity contribution is -0.138. The number of halogens is 4. The van der Waals surface area contributed by atoms with Crippen LogP contribution >= 0.6 is 0 Å². The van der Waals surface area contributed by atoms with E-state index >= 15 is 4.39 Å². The largest absolute Gasteiger partial charge is 0.421 e. The van der Waals surface area contributed by atoms with Crippen LogP contribution in [0.2, 0.25) is 0 Å². The summed E-state index contributed by atoms with van der Waals surface area (Å²) in [6, 6.07) is 16.4. The lowest BCUT2D eigenvalue weighted by Gasteiger charge is -2.36. The van der Waals surface area contributed by atoms with Gasteiger partial charge in [-0.3, -0.25) is 33.7 Å². The van der Waals surface area contributed by atoms with Crippen molar-refractivity contribution in [1.29, 1.82) is 0 Å². The van der Waals surface area contributed by atoms with Crippen molar-refractivity contribution in [3.8, 4) is 0 Å². The van der Waals surface area contributed by atoms with Crippen molar-refractivity contribution in [2.75, 3.05) is 46.2 Å². The van der Waals surface area contributed by atoms with Gasteiger partial charge in [-0.15, -0.1) is 0 Å². The summed E-state index contributed by atoms with van der Waals surface area (Å²) in [5, 5.41) is 11.0. The van der Waals surface area contributed by atoms with Crippen LogP contribution in [-0.2, 0) is 38.9 Å². The van der Waals surface area contributed by atoms with E-state index in [0.717, 1.165) is 21.0 Å². The van der Waals surface area contributed by atoms with Crippen LogP contribution in [0.3, 0.4) is 0 Å². The summed E-state index contributed by atoms with van der Waals surface area (Å²) in [5.74, 6) is -2.99. The maximum Gasteiger partial charge on any atom is 0.421 e. The SMILES string of the molecule is CN(c1cccc(CNc2nc(Nc3ccc(CN[C@@H]4CCN(c5ccc6c(c5)C(=O)N(C5CCC(=O)NC5=O)C6=O)C[C@@H]4F)cc3)ncc2C(F)(F)F)c1)S(C)(=O)=O. The van der Waals surface area contributed by atoms with Crippen molar-refractivity contribution in [3.05, 3.63) is 101 Å². The molecule has 0 spiro atoms. The zero-order valence-corrected chi connectivity index (χ0v) is 32.5. The number of hydrogen-bond acceptors (Lipinski definition) is 12. The molecule has 2 fully saturated rings. The van der Waals surface area contributed by atoms with Crippen molar-refractivity contribution >= 4 is 62.5 Å². The number of hydrogen-bond donors (Lipinski definition) is 4. The molecule has 3 atom stereocenters. The van der Waals surface area contributed by atoms with Crippen LogP contribution < -0.4 is 30.5 Å². The molecule has 15 nitrogen and oxygen atoms in total. The minimum absolute atomic E-state index is 0.00972. The van der Waals surface area contributed by atoms with Gasteiger partial charge in [0, 0.05) is 56.7 Å². The van der Waals surface area contributed by atoms with Crippen LogP contribution in [-0.4, -0.2) is 91.6 Å². The maximum absolute atomic E-state index is 15.5. The van der Waals surface area contributed by atoms with Gasteiger partial charge < -0.3 is 20.9 Å². The van der Waals surface area contributed by atoms with E-state index in [0.29, 0.717) is 48.3 Å². The highest BCUT2D eigenvalue weighted by Crippen LogP contribution is 2.35. The number of alkyl halides is 4. The van der Waals surface area contributed by atoms with E-state index in [2.05, 4.69) is 31.2 Å². The lowest BCUT2D eigenvalue weighted by Crippen LogP contribution is -2.54. The molecule has 0 radical (unpaired) electrons. The van der Waals surface area contributed by atoms with Crippen LogP contribution in [0, 0.1) is 0 Å². The van der Waals surface area contributed by atoms with E-state index in [1.54, 1.807) is 59.5 Å². The molecule has 4 aromatic rings. The number of nitrogens with zero attached hydrogens (tertiary/aromatic N) is 5. The number of aromatic nitrogens is 2. The number of benzene rings is 3. The van der Waals surface area contributed by atoms with Crippen molar-refractivity contribution in [2.45, 2.75) is 56.8 Å². The fraction of sp³-hybridized carbons (Fsp3) is 0.333. The molecule has 4 N–H and O–H groups in total. The third kappa shape index (κ3) is 8.97. The number of carbonyl (C=O) groups excluding carboxylic acids is 4. The molecule has 1 aromatic heterocycles. The van der Waals surface area contributed by atoms with E-state index in [1.165, 1.54) is 19.2 Å². The summed E-state index contributed by atoms with van der Waals surface area (Å²) in [6.45, 7) is 0.712. The zero-order chi connectivity index (χ0) is 42.2. The molecule has 3 aliphatic rings. The molecule has 3 aliphatic heterocycles. The summed E-state index contributed by atoms with van der Waals surface area (Å²) >= 11 is 0. The predicted octanol–water partition coefficient (Wildman–Crippen LogP) is 4.35. The first-order chi connectivity index (χ1) is 28.0. The molecule has 2 saturated heterocycles. The van der Waals surface area contributed by atoms with Gasteiger partial charge in [0.2, 0.25) is 27.8 Å². The molecule has 0 saturated carbocycles. The minimum atomic E-state index is -4.75. The van der Waals surface area contributed by atoms with Gasteiger partial charge in [0.1, 0.15) is 23.6 Å². The molecule has 1 unspecified atom stereocenters. The number of carbonyl (C=O) groups is 4. The van der Waals surface area contributed by atoms with E-state index in [9.17, 15) is 40.8 Å². The number of anilines is 5. The average molecular weight is 838 g/mol. The highest BCUT2D eigenvalue weighted by atomic mass is 32.2. The van der Waals surface area contributed by atoms with Crippen molar-refractivity contribution in [2.24, 2.45) is 0 Å². The number of rotatable bonds is 12. The molecular formula is C39H39F4N9O6S. The first kappa shape index (κ1) is 41.0. The summed E-state index contributed by atoms with van der Waals surface area (Å²) < 4.78 is 82.1. The number of amides is 4. The Morgan fingerprint density at radius 2 is 1.68 bits per heavy atom. The molecule has 0 aliphatic carbocycles. The highest BCUT2D eigenvalue weighted by Gasteiger charge is 2.45. The maximum atomic E-state index is 15.5. The Balaban J connectivity index is 0.934. The third-order valence-corrected chi connectivity index (χ3v) is 11.6. The first-order valence-corrected chi connectivity index (χ1v) is 20.4. The molecule has 3 aromatic carbocycles. The minimum Gasteiger partial charge on any atom is -0.368 e. The average Bonchev–Trinajstić information content (AvgIpc) is 3.44. The van der Waals surface area contributed by atoms with Crippen LogP contribution in [0.1, 0.15) is 56.7 Å². The van der Waals surface area contributed by atoms with Gasteiger partial charge in [0.25, 0.3) is 11.8 Å². The zero-order valence-electron chi connectivity index (χ0n) is 31.7. The Kier molecular flexibility index (Phi) is 11.3. The van der Waals surface area contributed by atoms with E-state index < -0.39 is 69.5 Å². The number of piperidine rings is 2. The van der Waals surface area contributed by atoms with Crippen molar-refractivity contribution in [1.82, 2.24) is 25.5 Å². The topological polar surface area (TPSA) is 186 Å². The Morgan fingerprint density at radius 3 is 2.37 bits per heavy atom. The number of nitrogens with one attached hydrogen (secondary N) is 4. The first-order valence-electron chi connectivity index (χ1n) is 18.5. The van der Waals surface area contributed by atoms with Crippen LogP contribution in [0.5, 0.6) is 0 Å². The normalized spacial score (nSPS) is 19.7.